The molecule has 1 amide bonds. The Kier molecular flexibility index (Phi) is 5.13. The first-order chi connectivity index (χ1) is 8.83. The van der Waals surface area contributed by atoms with Crippen LogP contribution in [0.3, 0.4) is 0 Å². The van der Waals surface area contributed by atoms with E-state index in [2.05, 4.69) is 10.3 Å². The van der Waals surface area contributed by atoms with E-state index in [0.29, 0.717) is 16.4 Å². The van der Waals surface area contributed by atoms with E-state index in [-0.39, 0.29) is 18.3 Å². The van der Waals surface area contributed by atoms with E-state index in [1.807, 2.05) is 32.8 Å². The van der Waals surface area contributed by atoms with Gasteiger partial charge in [0.2, 0.25) is 0 Å². The van der Waals surface area contributed by atoms with Crippen molar-refractivity contribution < 1.29 is 9.90 Å². The molecular weight excluding hydrogens is 264 g/mol. The SMILES string of the molecule is CCC(C)(CCO)NC(=O)c1sc(N(C)C)nc1N. The number of carbonyl (C=O) groups excluding carboxylic acids is 1. The number of aliphatic hydroxyl groups excluding tert-OH is 1. The first-order valence-corrected chi connectivity index (χ1v) is 7.01. The summed E-state index contributed by atoms with van der Waals surface area (Å²) in [5.41, 5.74) is 5.35. The number of carbonyl (C=O) groups is 1. The van der Waals surface area contributed by atoms with Crippen LogP contribution >= 0.6 is 11.3 Å². The molecular formula is C12H22N4O2S. The Morgan fingerprint density at radius 2 is 2.21 bits per heavy atom. The highest BCUT2D eigenvalue weighted by atomic mass is 32.1. The number of rotatable bonds is 6. The molecule has 0 bridgehead atoms. The van der Waals surface area contributed by atoms with E-state index < -0.39 is 5.54 Å². The lowest BCUT2D eigenvalue weighted by atomic mass is 9.95. The molecule has 0 aliphatic carbocycles. The zero-order valence-electron chi connectivity index (χ0n) is 11.9. The number of aliphatic hydroxyl groups is 1. The number of aromatic nitrogens is 1. The predicted octanol–water partition coefficient (Wildman–Crippen LogP) is 1.07. The minimum atomic E-state index is -0.430. The zero-order valence-corrected chi connectivity index (χ0v) is 12.7. The molecule has 1 aromatic rings. The third-order valence-corrected chi connectivity index (χ3v) is 4.33. The Morgan fingerprint density at radius 3 is 2.63 bits per heavy atom. The summed E-state index contributed by atoms with van der Waals surface area (Å²) in [5, 5.41) is 12.7. The fraction of sp³-hybridized carbons (Fsp3) is 0.667. The van der Waals surface area contributed by atoms with E-state index in [0.717, 1.165) is 6.42 Å². The number of thiazole rings is 1. The van der Waals surface area contributed by atoms with Crippen LogP contribution in [0.4, 0.5) is 10.9 Å². The summed E-state index contributed by atoms with van der Waals surface area (Å²) in [4.78, 5) is 18.6. The van der Waals surface area contributed by atoms with Crippen LogP contribution in [0.5, 0.6) is 0 Å². The van der Waals surface area contributed by atoms with Gasteiger partial charge in [-0.3, -0.25) is 4.79 Å². The van der Waals surface area contributed by atoms with Crippen LogP contribution in [0, 0.1) is 0 Å². The number of nitrogens with two attached hydrogens (primary N) is 1. The maximum absolute atomic E-state index is 12.2. The molecule has 0 saturated heterocycles. The average Bonchev–Trinajstić information content (AvgIpc) is 2.72. The average molecular weight is 286 g/mol. The van der Waals surface area contributed by atoms with E-state index in [1.165, 1.54) is 11.3 Å². The first kappa shape index (κ1) is 15.7. The van der Waals surface area contributed by atoms with Gasteiger partial charge in [0.1, 0.15) is 10.7 Å². The summed E-state index contributed by atoms with van der Waals surface area (Å²) < 4.78 is 0. The number of hydrogen-bond donors (Lipinski definition) is 3. The van der Waals surface area contributed by atoms with Crippen LogP contribution in [0.2, 0.25) is 0 Å². The lowest BCUT2D eigenvalue weighted by Gasteiger charge is -2.28. The molecule has 0 saturated carbocycles. The molecule has 0 spiro atoms. The highest BCUT2D eigenvalue weighted by molar-refractivity contribution is 7.18. The van der Waals surface area contributed by atoms with Gasteiger partial charge in [0.25, 0.3) is 5.91 Å². The molecule has 1 unspecified atom stereocenters. The minimum Gasteiger partial charge on any atom is -0.396 e. The van der Waals surface area contributed by atoms with E-state index in [1.54, 1.807) is 0 Å². The van der Waals surface area contributed by atoms with Crippen molar-refractivity contribution in [1.29, 1.82) is 0 Å². The molecule has 0 aliphatic heterocycles. The second-order valence-electron chi connectivity index (χ2n) is 4.95. The molecule has 1 aromatic heterocycles. The Labute approximate surface area is 117 Å². The van der Waals surface area contributed by atoms with Gasteiger partial charge in [0.05, 0.1) is 0 Å². The van der Waals surface area contributed by atoms with Crippen LogP contribution in [-0.4, -0.2) is 42.2 Å². The number of amides is 1. The van der Waals surface area contributed by atoms with E-state index >= 15 is 0 Å². The molecule has 1 heterocycles. The lowest BCUT2D eigenvalue weighted by molar-refractivity contribution is 0.0891. The van der Waals surface area contributed by atoms with Gasteiger partial charge in [-0.05, 0) is 19.8 Å². The molecule has 19 heavy (non-hydrogen) atoms. The molecule has 108 valence electrons. The van der Waals surface area contributed by atoms with Crippen LogP contribution in [0.15, 0.2) is 0 Å². The van der Waals surface area contributed by atoms with Gasteiger partial charge in [0.15, 0.2) is 5.13 Å². The number of hydrogen-bond acceptors (Lipinski definition) is 6. The van der Waals surface area contributed by atoms with Gasteiger partial charge in [-0.2, -0.15) is 0 Å². The van der Waals surface area contributed by atoms with Crippen molar-refractivity contribution in [3.63, 3.8) is 0 Å². The minimum absolute atomic E-state index is 0.0335. The molecule has 0 aromatic carbocycles. The maximum atomic E-state index is 12.2. The van der Waals surface area contributed by atoms with Crippen molar-refractivity contribution in [2.24, 2.45) is 0 Å². The highest BCUT2D eigenvalue weighted by Gasteiger charge is 2.26. The third kappa shape index (κ3) is 3.81. The van der Waals surface area contributed by atoms with Crippen LogP contribution < -0.4 is 16.0 Å². The number of nitrogen functional groups attached to an aromatic ring is 1. The summed E-state index contributed by atoms with van der Waals surface area (Å²) in [6, 6.07) is 0. The molecule has 1 atom stereocenters. The fourth-order valence-electron chi connectivity index (χ4n) is 1.58. The molecule has 7 heteroatoms. The summed E-state index contributed by atoms with van der Waals surface area (Å²) in [6.07, 6.45) is 1.24. The molecule has 6 nitrogen and oxygen atoms in total. The van der Waals surface area contributed by atoms with Crippen molar-refractivity contribution in [2.75, 3.05) is 31.3 Å². The van der Waals surface area contributed by atoms with Crippen molar-refractivity contribution >= 4 is 28.2 Å². The first-order valence-electron chi connectivity index (χ1n) is 6.20. The fourth-order valence-corrected chi connectivity index (χ4v) is 2.38. The van der Waals surface area contributed by atoms with Gasteiger partial charge < -0.3 is 21.1 Å². The van der Waals surface area contributed by atoms with E-state index in [4.69, 9.17) is 10.8 Å². The number of nitrogens with zero attached hydrogens (tertiary/aromatic N) is 2. The smallest absolute Gasteiger partial charge is 0.265 e. The topological polar surface area (TPSA) is 91.5 Å². The monoisotopic (exact) mass is 286 g/mol. The summed E-state index contributed by atoms with van der Waals surface area (Å²) in [7, 11) is 3.70. The van der Waals surface area contributed by atoms with Gasteiger partial charge in [-0.1, -0.05) is 18.3 Å². The van der Waals surface area contributed by atoms with Crippen LogP contribution in [-0.2, 0) is 0 Å². The van der Waals surface area contributed by atoms with E-state index in [9.17, 15) is 4.79 Å². The number of nitrogens with one attached hydrogen (secondary N) is 1. The van der Waals surface area contributed by atoms with Crippen molar-refractivity contribution in [1.82, 2.24) is 10.3 Å². The number of anilines is 2. The molecule has 4 N–H and O–H groups in total. The van der Waals surface area contributed by atoms with Gasteiger partial charge in [-0.25, -0.2) is 4.98 Å². The van der Waals surface area contributed by atoms with Crippen LogP contribution in [0.1, 0.15) is 36.4 Å². The van der Waals surface area contributed by atoms with Crippen molar-refractivity contribution in [3.8, 4) is 0 Å². The molecule has 0 aliphatic rings. The molecule has 0 fully saturated rings. The van der Waals surface area contributed by atoms with Gasteiger partial charge in [0, 0.05) is 26.2 Å². The Bertz CT molecular complexity index is 447. The molecule has 0 radical (unpaired) electrons. The van der Waals surface area contributed by atoms with Gasteiger partial charge >= 0.3 is 0 Å². The third-order valence-electron chi connectivity index (χ3n) is 3.09. The summed E-state index contributed by atoms with van der Waals surface area (Å²) in [6.45, 7) is 3.91. The highest BCUT2D eigenvalue weighted by Crippen LogP contribution is 2.27. The summed E-state index contributed by atoms with van der Waals surface area (Å²) in [5.74, 6) is 0.00884. The predicted molar refractivity (Wildman–Crippen MR) is 78.7 cm³/mol. The maximum Gasteiger partial charge on any atom is 0.265 e. The van der Waals surface area contributed by atoms with Crippen LogP contribution in [0.25, 0.3) is 0 Å². The normalized spacial score (nSPS) is 13.9. The van der Waals surface area contributed by atoms with Gasteiger partial charge in [-0.15, -0.1) is 0 Å². The Morgan fingerprint density at radius 1 is 1.58 bits per heavy atom. The standard InChI is InChI=1S/C12H22N4O2S/c1-5-12(2,6-7-17)15-10(18)8-9(13)14-11(19-8)16(3)4/h17H,5-7,13H2,1-4H3,(H,15,18). The lowest BCUT2D eigenvalue weighted by Crippen LogP contribution is -2.46. The second kappa shape index (κ2) is 6.21. The Hall–Kier alpha value is -1.34. The van der Waals surface area contributed by atoms with Crippen molar-refractivity contribution in [2.45, 2.75) is 32.2 Å². The summed E-state index contributed by atoms with van der Waals surface area (Å²) >= 11 is 1.26. The largest absolute Gasteiger partial charge is 0.396 e. The Balaban J connectivity index is 2.88. The second-order valence-corrected chi connectivity index (χ2v) is 5.92. The molecule has 1 rings (SSSR count). The zero-order chi connectivity index (χ0) is 14.6. The van der Waals surface area contributed by atoms with Crippen molar-refractivity contribution in [3.05, 3.63) is 4.88 Å². The quantitative estimate of drug-likeness (QED) is 0.727.